The largest absolute Gasteiger partial charge is 0.480 e. The van der Waals surface area contributed by atoms with Gasteiger partial charge in [-0.3, -0.25) is 4.79 Å². The van der Waals surface area contributed by atoms with Crippen LogP contribution in [0.5, 0.6) is 0 Å². The van der Waals surface area contributed by atoms with E-state index in [0.29, 0.717) is 0 Å². The molecule has 0 aliphatic heterocycles. The molecule has 0 aliphatic carbocycles. The zero-order valence-corrected chi connectivity index (χ0v) is 8.50. The lowest BCUT2D eigenvalue weighted by Crippen LogP contribution is -2.41. The predicted molar refractivity (Wildman–Crippen MR) is 56.5 cm³/mol. The van der Waals surface area contributed by atoms with Gasteiger partial charge in [0.15, 0.2) is 0 Å². The molecule has 0 fully saturated rings. The second-order valence-corrected chi connectivity index (χ2v) is 3.54. The first-order valence-electron chi connectivity index (χ1n) is 4.75. The number of hydrogen-bond donors (Lipinski definition) is 3. The highest BCUT2D eigenvalue weighted by molar-refractivity contribution is 5.74. The van der Waals surface area contributed by atoms with E-state index in [0.717, 1.165) is 5.56 Å². The lowest BCUT2D eigenvalue weighted by Gasteiger charge is -2.23. The minimum absolute atomic E-state index is 0.580. The number of rotatable bonds is 4. The molecule has 4 nitrogen and oxygen atoms in total. The first-order valence-corrected chi connectivity index (χ1v) is 4.75. The molecule has 0 amide bonds. The summed E-state index contributed by atoms with van der Waals surface area (Å²) < 4.78 is 0. The van der Waals surface area contributed by atoms with Crippen LogP contribution in [0, 0.1) is 0 Å². The van der Waals surface area contributed by atoms with Crippen molar-refractivity contribution in [2.75, 3.05) is 0 Å². The summed E-state index contributed by atoms with van der Waals surface area (Å²) in [4.78, 5) is 10.8. The molecular weight excluding hydrogens is 194 g/mol. The fourth-order valence-electron chi connectivity index (χ4n) is 1.61. The van der Waals surface area contributed by atoms with E-state index in [-0.39, 0.29) is 0 Å². The number of carbonyl (C=O) groups is 1. The number of carboxylic acids is 1. The summed E-state index contributed by atoms with van der Waals surface area (Å²) >= 11 is 0. The SMILES string of the molecule is CC(O)[C@@H](c1ccccc1)[C@H](N)C(=O)O. The van der Waals surface area contributed by atoms with Crippen molar-refractivity contribution < 1.29 is 15.0 Å². The lowest BCUT2D eigenvalue weighted by atomic mass is 9.88. The molecule has 1 aromatic carbocycles. The van der Waals surface area contributed by atoms with Crippen molar-refractivity contribution in [3.8, 4) is 0 Å². The first kappa shape index (κ1) is 11.7. The Morgan fingerprint density at radius 1 is 1.33 bits per heavy atom. The van der Waals surface area contributed by atoms with Gasteiger partial charge in [0.2, 0.25) is 0 Å². The quantitative estimate of drug-likeness (QED) is 0.676. The average Bonchev–Trinajstić information content (AvgIpc) is 2.18. The molecule has 1 rings (SSSR count). The fourth-order valence-corrected chi connectivity index (χ4v) is 1.61. The summed E-state index contributed by atoms with van der Waals surface area (Å²) in [7, 11) is 0. The molecule has 4 N–H and O–H groups in total. The second kappa shape index (κ2) is 4.91. The van der Waals surface area contributed by atoms with Crippen molar-refractivity contribution in [2.24, 2.45) is 5.73 Å². The Morgan fingerprint density at radius 3 is 2.27 bits per heavy atom. The van der Waals surface area contributed by atoms with Crippen molar-refractivity contribution in [1.82, 2.24) is 0 Å². The molecule has 0 saturated heterocycles. The van der Waals surface area contributed by atoms with Gasteiger partial charge < -0.3 is 15.9 Å². The third kappa shape index (κ3) is 2.78. The van der Waals surface area contributed by atoms with Crippen molar-refractivity contribution in [1.29, 1.82) is 0 Å². The molecule has 0 bridgehead atoms. The van der Waals surface area contributed by atoms with Crippen LogP contribution >= 0.6 is 0 Å². The minimum Gasteiger partial charge on any atom is -0.480 e. The monoisotopic (exact) mass is 209 g/mol. The maximum Gasteiger partial charge on any atom is 0.321 e. The summed E-state index contributed by atoms with van der Waals surface area (Å²) in [6.45, 7) is 1.54. The van der Waals surface area contributed by atoms with Crippen LogP contribution in [0.3, 0.4) is 0 Å². The number of aliphatic carboxylic acids is 1. The zero-order chi connectivity index (χ0) is 11.4. The topological polar surface area (TPSA) is 83.5 Å². The number of aliphatic hydroxyl groups is 1. The summed E-state index contributed by atoms with van der Waals surface area (Å²) in [5, 5.41) is 18.4. The number of nitrogens with two attached hydrogens (primary N) is 1. The number of carboxylic acid groups (broad SMARTS) is 1. The molecule has 82 valence electrons. The summed E-state index contributed by atoms with van der Waals surface area (Å²) in [6, 6.07) is 7.85. The van der Waals surface area contributed by atoms with Gasteiger partial charge in [-0.2, -0.15) is 0 Å². The summed E-state index contributed by atoms with van der Waals surface area (Å²) in [5.41, 5.74) is 6.27. The van der Waals surface area contributed by atoms with Crippen molar-refractivity contribution in [3.63, 3.8) is 0 Å². The van der Waals surface area contributed by atoms with Gasteiger partial charge in [0.25, 0.3) is 0 Å². The number of benzene rings is 1. The molecule has 4 heteroatoms. The van der Waals surface area contributed by atoms with Gasteiger partial charge >= 0.3 is 5.97 Å². The van der Waals surface area contributed by atoms with Crippen LogP contribution in [0.15, 0.2) is 30.3 Å². The van der Waals surface area contributed by atoms with E-state index < -0.39 is 24.0 Å². The highest BCUT2D eigenvalue weighted by Gasteiger charge is 2.29. The Bertz CT molecular complexity index is 324. The van der Waals surface area contributed by atoms with Gasteiger partial charge in [0.1, 0.15) is 6.04 Å². The van der Waals surface area contributed by atoms with E-state index in [1.807, 2.05) is 6.07 Å². The second-order valence-electron chi connectivity index (χ2n) is 3.54. The van der Waals surface area contributed by atoms with Crippen LogP contribution in [0.1, 0.15) is 18.4 Å². The van der Waals surface area contributed by atoms with Crippen LogP contribution < -0.4 is 5.73 Å². The molecule has 0 aromatic heterocycles. The van der Waals surface area contributed by atoms with E-state index in [4.69, 9.17) is 10.8 Å². The average molecular weight is 209 g/mol. The van der Waals surface area contributed by atoms with Crippen LogP contribution in [0.4, 0.5) is 0 Å². The third-order valence-electron chi connectivity index (χ3n) is 2.38. The van der Waals surface area contributed by atoms with Crippen molar-refractivity contribution in [3.05, 3.63) is 35.9 Å². The van der Waals surface area contributed by atoms with E-state index in [1.54, 1.807) is 31.2 Å². The van der Waals surface area contributed by atoms with Crippen molar-refractivity contribution >= 4 is 5.97 Å². The normalized spacial score (nSPS) is 16.7. The summed E-state index contributed by atoms with van der Waals surface area (Å²) in [6.07, 6.45) is -0.793. The molecule has 15 heavy (non-hydrogen) atoms. The number of hydrogen-bond acceptors (Lipinski definition) is 3. The number of aliphatic hydroxyl groups excluding tert-OH is 1. The fraction of sp³-hybridized carbons (Fsp3) is 0.364. The van der Waals surface area contributed by atoms with Gasteiger partial charge in [-0.1, -0.05) is 30.3 Å². The minimum atomic E-state index is -1.11. The molecule has 3 atom stereocenters. The highest BCUT2D eigenvalue weighted by atomic mass is 16.4. The molecule has 0 radical (unpaired) electrons. The van der Waals surface area contributed by atoms with Gasteiger partial charge in [0, 0.05) is 5.92 Å². The Balaban J connectivity index is 2.99. The standard InChI is InChI=1S/C11H15NO3/c1-7(13)9(10(12)11(14)15)8-5-3-2-4-6-8/h2-7,9-10,13H,12H2,1H3,(H,14,15)/t7?,9-,10-/m0/s1. The van der Waals surface area contributed by atoms with Crippen LogP contribution in [0.2, 0.25) is 0 Å². The molecule has 0 saturated carbocycles. The molecule has 1 aromatic rings. The lowest BCUT2D eigenvalue weighted by molar-refractivity contribution is -0.139. The Morgan fingerprint density at radius 2 is 1.87 bits per heavy atom. The van der Waals surface area contributed by atoms with Gasteiger partial charge in [-0.05, 0) is 12.5 Å². The third-order valence-corrected chi connectivity index (χ3v) is 2.38. The molecule has 0 aliphatic rings. The van der Waals surface area contributed by atoms with E-state index in [9.17, 15) is 9.90 Å². The summed E-state index contributed by atoms with van der Waals surface area (Å²) in [5.74, 6) is -1.69. The van der Waals surface area contributed by atoms with Crippen LogP contribution in [-0.4, -0.2) is 28.3 Å². The first-order chi connectivity index (χ1) is 7.04. The molecule has 1 unspecified atom stereocenters. The maximum atomic E-state index is 10.8. The molecular formula is C11H15NO3. The van der Waals surface area contributed by atoms with Gasteiger partial charge in [-0.15, -0.1) is 0 Å². The van der Waals surface area contributed by atoms with Gasteiger partial charge in [-0.25, -0.2) is 0 Å². The van der Waals surface area contributed by atoms with Crippen LogP contribution in [-0.2, 0) is 4.79 Å². The Labute approximate surface area is 88.3 Å². The molecule has 0 heterocycles. The van der Waals surface area contributed by atoms with E-state index in [2.05, 4.69) is 0 Å². The molecule has 0 spiro atoms. The highest BCUT2D eigenvalue weighted by Crippen LogP contribution is 2.22. The van der Waals surface area contributed by atoms with Gasteiger partial charge in [0.05, 0.1) is 6.10 Å². The Kier molecular flexibility index (Phi) is 3.82. The van der Waals surface area contributed by atoms with E-state index in [1.165, 1.54) is 0 Å². The smallest absolute Gasteiger partial charge is 0.321 e. The maximum absolute atomic E-state index is 10.8. The van der Waals surface area contributed by atoms with Crippen molar-refractivity contribution in [2.45, 2.75) is 25.0 Å². The van der Waals surface area contributed by atoms with E-state index >= 15 is 0 Å². The Hall–Kier alpha value is -1.39. The van der Waals surface area contributed by atoms with Crippen LogP contribution in [0.25, 0.3) is 0 Å². The zero-order valence-electron chi connectivity index (χ0n) is 8.50. The predicted octanol–water partition coefficient (Wildman–Crippen LogP) is 0.563.